The number of aromatic nitrogens is 2. The number of hydrogen-bond donors (Lipinski definition) is 0. The van der Waals surface area contributed by atoms with Crippen LogP contribution in [0.25, 0.3) is 0 Å². The van der Waals surface area contributed by atoms with E-state index in [1.807, 2.05) is 12.1 Å². The van der Waals surface area contributed by atoms with Gasteiger partial charge in [-0.2, -0.15) is 5.10 Å². The lowest BCUT2D eigenvalue weighted by Gasteiger charge is -2.11. The van der Waals surface area contributed by atoms with Gasteiger partial charge < -0.3 is 4.74 Å². The molecule has 1 aromatic carbocycles. The Labute approximate surface area is 145 Å². The van der Waals surface area contributed by atoms with Crippen molar-refractivity contribution in [3.8, 4) is 0 Å². The predicted octanol–water partition coefficient (Wildman–Crippen LogP) is 3.56. The van der Waals surface area contributed by atoms with Crippen LogP contribution >= 0.6 is 0 Å². The maximum atomic E-state index is 12.1. The molecule has 0 aliphatic heterocycles. The molecule has 0 spiro atoms. The molecule has 2 aromatic rings. The Kier molecular flexibility index (Phi) is 4.83. The zero-order valence-electron chi connectivity index (χ0n) is 14.4. The lowest BCUT2D eigenvalue weighted by atomic mass is 10.1. The average molecular weight is 343 g/mol. The Balaban J connectivity index is 1.69. The molecular weight excluding hydrogens is 322 g/mol. The number of esters is 1. The minimum atomic E-state index is -0.406. The number of aryl methyl sites for hydroxylation is 1. The van der Waals surface area contributed by atoms with Crippen molar-refractivity contribution in [3.05, 3.63) is 56.9 Å². The van der Waals surface area contributed by atoms with E-state index in [4.69, 9.17) is 4.74 Å². The molecule has 0 N–H and O–H groups in total. The average Bonchev–Trinajstić information content (AvgIpc) is 3.16. The van der Waals surface area contributed by atoms with E-state index in [9.17, 15) is 14.9 Å². The van der Waals surface area contributed by atoms with Crippen LogP contribution in [0.4, 0.5) is 5.69 Å². The van der Waals surface area contributed by atoms with E-state index in [1.54, 1.807) is 30.7 Å². The zero-order valence-corrected chi connectivity index (χ0v) is 14.4. The maximum absolute atomic E-state index is 12.1. The van der Waals surface area contributed by atoms with Crippen molar-refractivity contribution in [1.82, 2.24) is 9.78 Å². The molecule has 0 amide bonds. The Morgan fingerprint density at radius 3 is 2.48 bits per heavy atom. The van der Waals surface area contributed by atoms with Crippen molar-refractivity contribution in [3.63, 3.8) is 0 Å². The van der Waals surface area contributed by atoms with Gasteiger partial charge in [-0.15, -0.1) is 0 Å². The third-order valence-corrected chi connectivity index (χ3v) is 4.62. The molecule has 0 atom stereocenters. The minimum absolute atomic E-state index is 0.0439. The second kappa shape index (κ2) is 7.04. The van der Waals surface area contributed by atoms with Gasteiger partial charge in [0.25, 0.3) is 0 Å². The lowest BCUT2D eigenvalue weighted by Crippen LogP contribution is -2.14. The summed E-state index contributed by atoms with van der Waals surface area (Å²) in [5, 5.41) is 15.3. The fourth-order valence-corrected chi connectivity index (χ4v) is 3.25. The molecule has 1 saturated carbocycles. The molecule has 25 heavy (non-hydrogen) atoms. The maximum Gasteiger partial charge on any atom is 0.338 e. The van der Waals surface area contributed by atoms with Gasteiger partial charge >= 0.3 is 11.7 Å². The van der Waals surface area contributed by atoms with E-state index in [2.05, 4.69) is 5.10 Å². The van der Waals surface area contributed by atoms with Crippen LogP contribution in [0.1, 0.15) is 53.0 Å². The summed E-state index contributed by atoms with van der Waals surface area (Å²) in [4.78, 5) is 22.8. The monoisotopic (exact) mass is 343 g/mol. The van der Waals surface area contributed by atoms with Gasteiger partial charge in [-0.3, -0.25) is 14.8 Å². The highest BCUT2D eigenvalue weighted by Gasteiger charge is 2.22. The van der Waals surface area contributed by atoms with Crippen LogP contribution < -0.4 is 0 Å². The van der Waals surface area contributed by atoms with Crippen molar-refractivity contribution in [2.24, 2.45) is 0 Å². The number of hydrogen-bond acceptors (Lipinski definition) is 5. The van der Waals surface area contributed by atoms with Gasteiger partial charge in [-0.25, -0.2) is 4.79 Å². The first-order chi connectivity index (χ1) is 12.0. The van der Waals surface area contributed by atoms with E-state index in [-0.39, 0.29) is 17.8 Å². The normalized spacial score (nSPS) is 14.6. The third kappa shape index (κ3) is 3.70. The van der Waals surface area contributed by atoms with E-state index < -0.39 is 4.92 Å². The summed E-state index contributed by atoms with van der Waals surface area (Å²) in [6.07, 6.45) is 4.17. The van der Waals surface area contributed by atoms with Gasteiger partial charge in [0.05, 0.1) is 17.0 Å². The number of nitro groups is 1. The fourth-order valence-electron chi connectivity index (χ4n) is 3.25. The van der Waals surface area contributed by atoms with Crippen LogP contribution in [-0.2, 0) is 11.3 Å². The molecule has 0 bridgehead atoms. The smallest absolute Gasteiger partial charge is 0.338 e. The summed E-state index contributed by atoms with van der Waals surface area (Å²) in [7, 11) is 0. The predicted molar refractivity (Wildman–Crippen MR) is 91.6 cm³/mol. The molecule has 7 heteroatoms. The molecule has 3 rings (SSSR count). The number of rotatable bonds is 5. The molecule has 0 unspecified atom stereocenters. The van der Waals surface area contributed by atoms with Crippen molar-refractivity contribution in [1.29, 1.82) is 0 Å². The Morgan fingerprint density at radius 1 is 1.28 bits per heavy atom. The van der Waals surface area contributed by atoms with Gasteiger partial charge in [0.1, 0.15) is 17.5 Å². The van der Waals surface area contributed by atoms with Crippen LogP contribution in [0.15, 0.2) is 24.3 Å². The second-order valence-corrected chi connectivity index (χ2v) is 6.44. The van der Waals surface area contributed by atoms with Crippen LogP contribution in [0.2, 0.25) is 0 Å². The summed E-state index contributed by atoms with van der Waals surface area (Å²) < 4.78 is 7.10. The SMILES string of the molecule is Cc1nn(Cc2ccc(C(=O)OC3CCCC3)cc2)c(C)c1[N+](=O)[O-]. The summed E-state index contributed by atoms with van der Waals surface area (Å²) in [6, 6.07) is 7.11. The van der Waals surface area contributed by atoms with Crippen molar-refractivity contribution < 1.29 is 14.5 Å². The largest absolute Gasteiger partial charge is 0.459 e. The molecule has 0 saturated heterocycles. The lowest BCUT2D eigenvalue weighted by molar-refractivity contribution is -0.386. The molecular formula is C18H21N3O4. The summed E-state index contributed by atoms with van der Waals surface area (Å²) in [5.74, 6) is -0.291. The van der Waals surface area contributed by atoms with E-state index in [0.29, 0.717) is 23.5 Å². The highest BCUT2D eigenvalue weighted by molar-refractivity contribution is 5.89. The van der Waals surface area contributed by atoms with E-state index in [0.717, 1.165) is 31.2 Å². The number of benzene rings is 1. The van der Waals surface area contributed by atoms with Gasteiger partial charge in [0.15, 0.2) is 0 Å². The molecule has 1 aliphatic rings. The Morgan fingerprint density at radius 2 is 1.92 bits per heavy atom. The van der Waals surface area contributed by atoms with Gasteiger partial charge in [0.2, 0.25) is 0 Å². The minimum Gasteiger partial charge on any atom is -0.459 e. The van der Waals surface area contributed by atoms with Crippen LogP contribution in [0.3, 0.4) is 0 Å². The molecule has 1 fully saturated rings. The fraction of sp³-hybridized carbons (Fsp3) is 0.444. The summed E-state index contributed by atoms with van der Waals surface area (Å²) >= 11 is 0. The first-order valence-electron chi connectivity index (χ1n) is 8.44. The first-order valence-corrected chi connectivity index (χ1v) is 8.44. The van der Waals surface area contributed by atoms with Crippen molar-refractivity contribution in [2.75, 3.05) is 0 Å². The van der Waals surface area contributed by atoms with E-state index in [1.165, 1.54) is 0 Å². The van der Waals surface area contributed by atoms with Gasteiger partial charge in [-0.05, 0) is 57.2 Å². The Hall–Kier alpha value is -2.70. The zero-order chi connectivity index (χ0) is 18.0. The second-order valence-electron chi connectivity index (χ2n) is 6.44. The number of nitrogens with zero attached hydrogens (tertiary/aromatic N) is 3. The van der Waals surface area contributed by atoms with E-state index >= 15 is 0 Å². The van der Waals surface area contributed by atoms with Crippen LogP contribution in [-0.4, -0.2) is 26.8 Å². The molecule has 0 radical (unpaired) electrons. The number of carbonyl (C=O) groups excluding carboxylic acids is 1. The topological polar surface area (TPSA) is 87.3 Å². The highest BCUT2D eigenvalue weighted by Crippen LogP contribution is 2.24. The molecule has 132 valence electrons. The van der Waals surface area contributed by atoms with Gasteiger partial charge in [-0.1, -0.05) is 12.1 Å². The molecule has 7 nitrogen and oxygen atoms in total. The third-order valence-electron chi connectivity index (χ3n) is 4.62. The molecule has 1 aliphatic carbocycles. The van der Waals surface area contributed by atoms with Crippen molar-refractivity contribution in [2.45, 2.75) is 52.2 Å². The first kappa shape index (κ1) is 17.1. The van der Waals surface area contributed by atoms with Crippen LogP contribution in [0, 0.1) is 24.0 Å². The summed E-state index contributed by atoms with van der Waals surface area (Å²) in [6.45, 7) is 3.73. The summed E-state index contributed by atoms with van der Waals surface area (Å²) in [5.41, 5.74) is 2.41. The highest BCUT2D eigenvalue weighted by atomic mass is 16.6. The molecule has 1 aromatic heterocycles. The van der Waals surface area contributed by atoms with Gasteiger partial charge in [0, 0.05) is 0 Å². The van der Waals surface area contributed by atoms with Crippen molar-refractivity contribution >= 4 is 11.7 Å². The van der Waals surface area contributed by atoms with Crippen LogP contribution in [0.5, 0.6) is 0 Å². The number of ether oxygens (including phenoxy) is 1. The quantitative estimate of drug-likeness (QED) is 0.470. The standard InChI is InChI=1S/C18H21N3O4/c1-12-17(21(23)24)13(2)20(19-12)11-14-7-9-15(10-8-14)18(22)25-16-5-3-4-6-16/h7-10,16H,3-6,11H2,1-2H3. The Bertz CT molecular complexity index is 789. The number of carbonyl (C=O) groups is 1. The molecule has 1 heterocycles.